The molecular weight excluding hydrogens is 216 g/mol. The average molecular weight is 242 g/mol. The second-order valence-corrected chi connectivity index (χ2v) is 4.98. The van der Waals surface area contributed by atoms with Crippen molar-refractivity contribution in [2.45, 2.75) is 13.0 Å². The van der Waals surface area contributed by atoms with E-state index in [1.807, 2.05) is 18.9 Å². The number of hydrogen-bond acceptors (Lipinski definition) is 4. The van der Waals surface area contributed by atoms with Crippen LogP contribution in [0.15, 0.2) is 0 Å². The number of nitrogens with one attached hydrogen (secondary N) is 1. The quantitative estimate of drug-likeness (QED) is 0.692. The molecule has 0 saturated carbocycles. The number of likely N-dealkylation sites (N-methyl/N-ethyl adjacent to an activating group) is 2. The molecule has 1 amide bonds. The van der Waals surface area contributed by atoms with E-state index in [1.165, 1.54) is 0 Å². The molecule has 0 radical (unpaired) electrons. The lowest BCUT2D eigenvalue weighted by Crippen LogP contribution is -2.53. The maximum atomic E-state index is 11.9. The Hall–Kier alpha value is -0.650. The lowest BCUT2D eigenvalue weighted by molar-refractivity contribution is -0.134. The minimum absolute atomic E-state index is 0.0664. The first-order valence-corrected chi connectivity index (χ1v) is 6.37. The van der Waals surface area contributed by atoms with Gasteiger partial charge in [-0.05, 0) is 28.1 Å². The van der Waals surface area contributed by atoms with E-state index in [0.717, 1.165) is 39.3 Å². The van der Waals surface area contributed by atoms with Crippen LogP contribution in [0.4, 0.5) is 0 Å². The van der Waals surface area contributed by atoms with Gasteiger partial charge in [0.2, 0.25) is 5.91 Å². The van der Waals surface area contributed by atoms with Gasteiger partial charge in [0.15, 0.2) is 0 Å². The molecular formula is C12H26N4O. The summed E-state index contributed by atoms with van der Waals surface area (Å²) in [5.41, 5.74) is 0. The van der Waals surface area contributed by atoms with Crippen LogP contribution in [-0.4, -0.2) is 87.1 Å². The Morgan fingerprint density at radius 2 is 1.88 bits per heavy atom. The standard InChI is InChI=1S/C12H26N4O/c1-11(13-2)12(17)16-9-7-15(8-10-16)6-5-14(3)4/h11,13H,5-10H2,1-4H3. The van der Waals surface area contributed by atoms with Crippen LogP contribution in [0, 0.1) is 0 Å². The first kappa shape index (κ1) is 14.4. The molecule has 17 heavy (non-hydrogen) atoms. The summed E-state index contributed by atoms with van der Waals surface area (Å²) < 4.78 is 0. The van der Waals surface area contributed by atoms with E-state index in [4.69, 9.17) is 0 Å². The van der Waals surface area contributed by atoms with Crippen molar-refractivity contribution in [1.29, 1.82) is 0 Å². The van der Waals surface area contributed by atoms with Crippen LogP contribution >= 0.6 is 0 Å². The summed E-state index contributed by atoms with van der Waals surface area (Å²) in [4.78, 5) is 18.5. The molecule has 1 aliphatic rings. The molecule has 0 aromatic carbocycles. The molecule has 1 N–H and O–H groups in total. The highest BCUT2D eigenvalue weighted by atomic mass is 16.2. The third kappa shape index (κ3) is 4.61. The first-order chi connectivity index (χ1) is 8.04. The minimum atomic E-state index is -0.0664. The Labute approximate surface area is 105 Å². The van der Waals surface area contributed by atoms with Crippen LogP contribution in [0.2, 0.25) is 0 Å². The van der Waals surface area contributed by atoms with Crippen LogP contribution in [0.1, 0.15) is 6.92 Å². The zero-order valence-electron chi connectivity index (χ0n) is 11.6. The van der Waals surface area contributed by atoms with E-state index in [-0.39, 0.29) is 11.9 Å². The predicted molar refractivity (Wildman–Crippen MR) is 70.1 cm³/mol. The summed E-state index contributed by atoms with van der Waals surface area (Å²) in [7, 11) is 6.01. The number of amides is 1. The van der Waals surface area contributed by atoms with Crippen molar-refractivity contribution in [3.05, 3.63) is 0 Å². The number of piperazine rings is 1. The number of carbonyl (C=O) groups excluding carboxylic acids is 1. The summed E-state index contributed by atoms with van der Waals surface area (Å²) in [5.74, 6) is 0.222. The largest absolute Gasteiger partial charge is 0.339 e. The van der Waals surface area contributed by atoms with Crippen molar-refractivity contribution < 1.29 is 4.79 Å². The van der Waals surface area contributed by atoms with Crippen molar-refractivity contribution in [3.63, 3.8) is 0 Å². The number of hydrogen-bond donors (Lipinski definition) is 1. The van der Waals surface area contributed by atoms with Crippen LogP contribution in [0.25, 0.3) is 0 Å². The SMILES string of the molecule is CNC(C)C(=O)N1CCN(CCN(C)C)CC1. The summed E-state index contributed by atoms with van der Waals surface area (Å²) in [6.07, 6.45) is 0. The van der Waals surface area contributed by atoms with Gasteiger partial charge in [0.1, 0.15) is 0 Å². The third-order valence-corrected chi connectivity index (χ3v) is 3.35. The van der Waals surface area contributed by atoms with Gasteiger partial charge in [-0.2, -0.15) is 0 Å². The van der Waals surface area contributed by atoms with Crippen LogP contribution in [0.3, 0.4) is 0 Å². The lowest BCUT2D eigenvalue weighted by Gasteiger charge is -2.36. The van der Waals surface area contributed by atoms with E-state index in [1.54, 1.807) is 0 Å². The van der Waals surface area contributed by atoms with E-state index < -0.39 is 0 Å². The zero-order chi connectivity index (χ0) is 12.8. The fourth-order valence-electron chi connectivity index (χ4n) is 1.93. The average Bonchev–Trinajstić information content (AvgIpc) is 2.35. The maximum Gasteiger partial charge on any atom is 0.239 e. The van der Waals surface area contributed by atoms with Gasteiger partial charge in [-0.15, -0.1) is 0 Å². The summed E-state index contributed by atoms with van der Waals surface area (Å²) >= 11 is 0. The van der Waals surface area contributed by atoms with Gasteiger partial charge in [-0.25, -0.2) is 0 Å². The Bertz CT molecular complexity index is 237. The Morgan fingerprint density at radius 3 is 2.35 bits per heavy atom. The van der Waals surface area contributed by atoms with Crippen LogP contribution < -0.4 is 5.32 Å². The molecule has 1 unspecified atom stereocenters. The molecule has 5 heteroatoms. The van der Waals surface area contributed by atoms with Gasteiger partial charge in [-0.1, -0.05) is 0 Å². The monoisotopic (exact) mass is 242 g/mol. The summed E-state index contributed by atoms with van der Waals surface area (Å²) in [6.45, 7) is 7.81. The van der Waals surface area contributed by atoms with Crippen molar-refractivity contribution in [2.75, 3.05) is 60.4 Å². The fourth-order valence-corrected chi connectivity index (χ4v) is 1.93. The zero-order valence-corrected chi connectivity index (χ0v) is 11.6. The maximum absolute atomic E-state index is 11.9. The molecule has 5 nitrogen and oxygen atoms in total. The molecule has 1 rings (SSSR count). The number of nitrogens with zero attached hydrogens (tertiary/aromatic N) is 3. The molecule has 0 aliphatic carbocycles. The Kier molecular flexibility index (Phi) is 5.88. The van der Waals surface area contributed by atoms with Crippen LogP contribution in [0.5, 0.6) is 0 Å². The van der Waals surface area contributed by atoms with Gasteiger partial charge in [0.05, 0.1) is 6.04 Å². The molecule has 0 bridgehead atoms. The van der Waals surface area contributed by atoms with E-state index in [0.29, 0.717) is 0 Å². The highest BCUT2D eigenvalue weighted by molar-refractivity contribution is 5.81. The second kappa shape index (κ2) is 6.93. The highest BCUT2D eigenvalue weighted by Gasteiger charge is 2.23. The molecule has 0 spiro atoms. The molecule has 1 aliphatic heterocycles. The van der Waals surface area contributed by atoms with Crippen molar-refractivity contribution in [2.24, 2.45) is 0 Å². The third-order valence-electron chi connectivity index (χ3n) is 3.35. The summed E-state index contributed by atoms with van der Waals surface area (Å²) in [5, 5.41) is 3.00. The molecule has 1 heterocycles. The first-order valence-electron chi connectivity index (χ1n) is 6.37. The van der Waals surface area contributed by atoms with Gasteiger partial charge >= 0.3 is 0 Å². The van der Waals surface area contributed by atoms with E-state index in [2.05, 4.69) is 29.2 Å². The van der Waals surface area contributed by atoms with Gasteiger partial charge in [-0.3, -0.25) is 9.69 Å². The molecule has 1 fully saturated rings. The van der Waals surface area contributed by atoms with Gasteiger partial charge in [0, 0.05) is 39.3 Å². The van der Waals surface area contributed by atoms with E-state index in [9.17, 15) is 4.79 Å². The number of carbonyl (C=O) groups is 1. The molecule has 100 valence electrons. The number of rotatable bonds is 5. The van der Waals surface area contributed by atoms with Gasteiger partial charge in [0.25, 0.3) is 0 Å². The van der Waals surface area contributed by atoms with Gasteiger partial charge < -0.3 is 15.1 Å². The minimum Gasteiger partial charge on any atom is -0.339 e. The topological polar surface area (TPSA) is 38.8 Å². The van der Waals surface area contributed by atoms with Crippen molar-refractivity contribution >= 4 is 5.91 Å². The van der Waals surface area contributed by atoms with Crippen LogP contribution in [-0.2, 0) is 4.79 Å². The fraction of sp³-hybridized carbons (Fsp3) is 0.917. The molecule has 0 aromatic heterocycles. The van der Waals surface area contributed by atoms with E-state index >= 15 is 0 Å². The van der Waals surface area contributed by atoms with Crippen molar-refractivity contribution in [3.8, 4) is 0 Å². The predicted octanol–water partition coefficient (Wildman–Crippen LogP) is -0.700. The molecule has 1 atom stereocenters. The lowest BCUT2D eigenvalue weighted by atomic mass is 10.2. The summed E-state index contributed by atoms with van der Waals surface area (Å²) in [6, 6.07) is -0.0664. The normalized spacial score (nSPS) is 19.7. The second-order valence-electron chi connectivity index (χ2n) is 4.98. The van der Waals surface area contributed by atoms with Crippen molar-refractivity contribution in [1.82, 2.24) is 20.0 Å². The highest BCUT2D eigenvalue weighted by Crippen LogP contribution is 2.03. The Balaban J connectivity index is 2.28. The molecule has 0 aromatic rings. The molecule has 1 saturated heterocycles. The smallest absolute Gasteiger partial charge is 0.239 e. The Morgan fingerprint density at radius 1 is 1.29 bits per heavy atom.